The molecule has 1 saturated heterocycles. The van der Waals surface area contributed by atoms with Gasteiger partial charge in [0.1, 0.15) is 6.04 Å². The number of rotatable bonds is 5. The molecule has 0 spiro atoms. The number of hydrogen-bond acceptors (Lipinski definition) is 4. The maximum atomic E-state index is 12.1. The lowest BCUT2D eigenvalue weighted by atomic mass is 10.2. The standard InChI is InChI=1S/C14H27NO3/c1-9(2)15-8-12(17-10(3)4)7-13(15)14(16)18-11(5)6/h9-13H,7-8H2,1-6H3/t12-,13+/m1/s1. The van der Waals surface area contributed by atoms with Crippen molar-refractivity contribution in [2.45, 2.75) is 78.4 Å². The maximum absolute atomic E-state index is 12.1. The topological polar surface area (TPSA) is 38.8 Å². The Hall–Kier alpha value is -0.610. The molecule has 0 saturated carbocycles. The number of ether oxygens (including phenoxy) is 2. The summed E-state index contributed by atoms with van der Waals surface area (Å²) in [5.41, 5.74) is 0. The van der Waals surface area contributed by atoms with E-state index in [-0.39, 0.29) is 30.3 Å². The number of likely N-dealkylation sites (tertiary alicyclic amines) is 1. The Kier molecular flexibility index (Phi) is 5.60. The van der Waals surface area contributed by atoms with E-state index in [9.17, 15) is 4.79 Å². The van der Waals surface area contributed by atoms with Crippen LogP contribution in [0.5, 0.6) is 0 Å². The monoisotopic (exact) mass is 257 g/mol. The van der Waals surface area contributed by atoms with E-state index >= 15 is 0 Å². The van der Waals surface area contributed by atoms with Crippen molar-refractivity contribution in [1.29, 1.82) is 0 Å². The summed E-state index contributed by atoms with van der Waals surface area (Å²) in [6, 6.07) is 0.173. The molecule has 0 aromatic heterocycles. The summed E-state index contributed by atoms with van der Waals surface area (Å²) in [6.07, 6.45) is 1.01. The smallest absolute Gasteiger partial charge is 0.323 e. The molecule has 0 aromatic carbocycles. The Morgan fingerprint density at radius 3 is 2.17 bits per heavy atom. The van der Waals surface area contributed by atoms with Crippen LogP contribution in [-0.2, 0) is 14.3 Å². The van der Waals surface area contributed by atoms with Gasteiger partial charge in [-0.2, -0.15) is 0 Å². The van der Waals surface area contributed by atoms with Crippen LogP contribution < -0.4 is 0 Å². The average molecular weight is 257 g/mol. The molecule has 1 aliphatic rings. The van der Waals surface area contributed by atoms with E-state index in [2.05, 4.69) is 18.7 Å². The lowest BCUT2D eigenvalue weighted by molar-refractivity contribution is -0.153. The summed E-state index contributed by atoms with van der Waals surface area (Å²) in [6.45, 7) is 12.8. The van der Waals surface area contributed by atoms with Gasteiger partial charge in [0.2, 0.25) is 0 Å². The van der Waals surface area contributed by atoms with Crippen LogP contribution in [-0.4, -0.2) is 47.8 Å². The van der Waals surface area contributed by atoms with Crippen molar-refractivity contribution in [2.24, 2.45) is 0 Å². The quantitative estimate of drug-likeness (QED) is 0.708. The molecule has 18 heavy (non-hydrogen) atoms. The fourth-order valence-corrected chi connectivity index (χ4v) is 2.42. The molecule has 1 fully saturated rings. The van der Waals surface area contributed by atoms with E-state index in [1.54, 1.807) is 0 Å². The van der Waals surface area contributed by atoms with Gasteiger partial charge in [0.05, 0.1) is 18.3 Å². The van der Waals surface area contributed by atoms with Gasteiger partial charge in [-0.05, 0) is 41.5 Å². The molecular weight excluding hydrogens is 230 g/mol. The highest BCUT2D eigenvalue weighted by Gasteiger charge is 2.40. The van der Waals surface area contributed by atoms with Crippen LogP contribution in [0.15, 0.2) is 0 Å². The summed E-state index contributed by atoms with van der Waals surface area (Å²) in [5.74, 6) is -0.117. The highest BCUT2D eigenvalue weighted by molar-refractivity contribution is 5.76. The first-order valence-electron chi connectivity index (χ1n) is 6.93. The van der Waals surface area contributed by atoms with Crippen molar-refractivity contribution in [3.05, 3.63) is 0 Å². The zero-order valence-electron chi connectivity index (χ0n) is 12.5. The number of nitrogens with zero attached hydrogens (tertiary/aromatic N) is 1. The van der Waals surface area contributed by atoms with E-state index in [1.807, 2.05) is 27.7 Å². The van der Waals surface area contributed by atoms with E-state index in [0.29, 0.717) is 6.04 Å². The summed E-state index contributed by atoms with van der Waals surface area (Å²) in [4.78, 5) is 14.3. The van der Waals surface area contributed by atoms with Gasteiger partial charge in [-0.3, -0.25) is 9.69 Å². The molecule has 0 amide bonds. The molecule has 0 aliphatic carbocycles. The van der Waals surface area contributed by atoms with Gasteiger partial charge >= 0.3 is 5.97 Å². The molecule has 0 unspecified atom stereocenters. The molecule has 0 radical (unpaired) electrons. The van der Waals surface area contributed by atoms with E-state index in [0.717, 1.165) is 13.0 Å². The van der Waals surface area contributed by atoms with Gasteiger partial charge in [0.15, 0.2) is 0 Å². The van der Waals surface area contributed by atoms with Crippen LogP contribution >= 0.6 is 0 Å². The fraction of sp³-hybridized carbons (Fsp3) is 0.929. The molecule has 0 aromatic rings. The zero-order chi connectivity index (χ0) is 13.9. The third-order valence-electron chi connectivity index (χ3n) is 3.05. The van der Waals surface area contributed by atoms with E-state index in [4.69, 9.17) is 9.47 Å². The van der Waals surface area contributed by atoms with E-state index in [1.165, 1.54) is 0 Å². The van der Waals surface area contributed by atoms with Crippen LogP contribution in [0.25, 0.3) is 0 Å². The molecule has 1 rings (SSSR count). The first-order valence-corrected chi connectivity index (χ1v) is 6.93. The molecule has 0 N–H and O–H groups in total. The average Bonchev–Trinajstić information content (AvgIpc) is 2.59. The van der Waals surface area contributed by atoms with Crippen LogP contribution in [0.2, 0.25) is 0 Å². The summed E-state index contributed by atoms with van der Waals surface area (Å²) in [5, 5.41) is 0. The Balaban J connectivity index is 2.66. The minimum atomic E-state index is -0.156. The zero-order valence-corrected chi connectivity index (χ0v) is 12.5. The highest BCUT2D eigenvalue weighted by Crippen LogP contribution is 2.25. The Labute approximate surface area is 111 Å². The first-order chi connectivity index (χ1) is 8.31. The third kappa shape index (κ3) is 4.25. The SMILES string of the molecule is CC(C)OC(=O)[C@@H]1C[C@@H](OC(C)C)CN1C(C)C. The predicted molar refractivity (Wildman–Crippen MR) is 71.5 cm³/mol. The second-order valence-electron chi connectivity index (χ2n) is 5.83. The minimum absolute atomic E-state index is 0.0587. The van der Waals surface area contributed by atoms with Gasteiger partial charge in [0.25, 0.3) is 0 Å². The predicted octanol–water partition coefficient (Wildman–Crippen LogP) is 2.21. The number of carbonyl (C=O) groups excluding carboxylic acids is 1. The Morgan fingerprint density at radius 2 is 1.72 bits per heavy atom. The van der Waals surface area contributed by atoms with Gasteiger partial charge in [-0.1, -0.05) is 0 Å². The van der Waals surface area contributed by atoms with E-state index < -0.39 is 0 Å². The third-order valence-corrected chi connectivity index (χ3v) is 3.05. The van der Waals surface area contributed by atoms with Crippen LogP contribution in [0.4, 0.5) is 0 Å². The molecule has 106 valence electrons. The van der Waals surface area contributed by atoms with Gasteiger partial charge in [-0.25, -0.2) is 0 Å². The molecule has 1 aliphatic heterocycles. The second kappa shape index (κ2) is 6.53. The van der Waals surface area contributed by atoms with Crippen molar-refractivity contribution >= 4 is 5.97 Å². The summed E-state index contributed by atoms with van der Waals surface area (Å²) < 4.78 is 11.2. The number of esters is 1. The van der Waals surface area contributed by atoms with Crippen LogP contribution in [0.3, 0.4) is 0 Å². The van der Waals surface area contributed by atoms with Gasteiger partial charge in [0, 0.05) is 19.0 Å². The Morgan fingerprint density at radius 1 is 1.11 bits per heavy atom. The fourth-order valence-electron chi connectivity index (χ4n) is 2.42. The molecule has 4 heteroatoms. The highest BCUT2D eigenvalue weighted by atomic mass is 16.5. The molecule has 1 heterocycles. The van der Waals surface area contributed by atoms with Crippen LogP contribution in [0, 0.1) is 0 Å². The normalized spacial score (nSPS) is 25.4. The van der Waals surface area contributed by atoms with Crippen LogP contribution in [0.1, 0.15) is 48.0 Å². The molecule has 2 atom stereocenters. The molecular formula is C14H27NO3. The van der Waals surface area contributed by atoms with Crippen molar-refractivity contribution in [3.63, 3.8) is 0 Å². The van der Waals surface area contributed by atoms with Crippen molar-refractivity contribution in [2.75, 3.05) is 6.54 Å². The molecule has 0 bridgehead atoms. The second-order valence-corrected chi connectivity index (χ2v) is 5.83. The summed E-state index contributed by atoms with van der Waals surface area (Å²) >= 11 is 0. The van der Waals surface area contributed by atoms with Gasteiger partial charge in [-0.15, -0.1) is 0 Å². The van der Waals surface area contributed by atoms with Crippen molar-refractivity contribution in [1.82, 2.24) is 4.90 Å². The first kappa shape index (κ1) is 15.4. The van der Waals surface area contributed by atoms with Crippen molar-refractivity contribution in [3.8, 4) is 0 Å². The maximum Gasteiger partial charge on any atom is 0.323 e. The molecule has 4 nitrogen and oxygen atoms in total. The van der Waals surface area contributed by atoms with Crippen molar-refractivity contribution < 1.29 is 14.3 Å². The summed E-state index contributed by atoms with van der Waals surface area (Å²) in [7, 11) is 0. The lowest BCUT2D eigenvalue weighted by Crippen LogP contribution is -2.42. The van der Waals surface area contributed by atoms with Gasteiger partial charge < -0.3 is 9.47 Å². The number of hydrogen-bond donors (Lipinski definition) is 0. The lowest BCUT2D eigenvalue weighted by Gasteiger charge is -2.27. The Bertz CT molecular complexity index is 276. The largest absolute Gasteiger partial charge is 0.462 e. The minimum Gasteiger partial charge on any atom is -0.462 e. The number of carbonyl (C=O) groups is 1.